The standard InChI is InChI=1S/C25H34N2O2/c1-7-20(5)26-25(29)21(6)27(16-22-10-8-9-17(2)13-22)24(28)15-23-14-18(3)11-12-19(23)4/h8-14,20-21H,7,15-16H2,1-6H3,(H,26,29). The Bertz CT molecular complexity index is 860. The molecule has 1 N–H and O–H groups in total. The molecule has 0 spiro atoms. The Morgan fingerprint density at radius 3 is 2.34 bits per heavy atom. The van der Waals surface area contributed by atoms with Crippen LogP contribution in [0.2, 0.25) is 0 Å². The first-order chi connectivity index (χ1) is 13.7. The molecule has 2 rings (SSSR count). The van der Waals surface area contributed by atoms with Crippen LogP contribution in [-0.2, 0) is 22.6 Å². The van der Waals surface area contributed by atoms with Crippen molar-refractivity contribution < 1.29 is 9.59 Å². The number of benzene rings is 2. The molecular weight excluding hydrogens is 360 g/mol. The number of carbonyl (C=O) groups excluding carboxylic acids is 2. The van der Waals surface area contributed by atoms with Gasteiger partial charge in [0.1, 0.15) is 6.04 Å². The van der Waals surface area contributed by atoms with Crippen molar-refractivity contribution in [3.05, 3.63) is 70.3 Å². The highest BCUT2D eigenvalue weighted by Crippen LogP contribution is 2.17. The summed E-state index contributed by atoms with van der Waals surface area (Å²) in [7, 11) is 0. The topological polar surface area (TPSA) is 49.4 Å². The first kappa shape index (κ1) is 22.7. The lowest BCUT2D eigenvalue weighted by Gasteiger charge is -2.30. The van der Waals surface area contributed by atoms with Crippen LogP contribution in [0.25, 0.3) is 0 Å². The number of nitrogens with one attached hydrogen (secondary N) is 1. The minimum atomic E-state index is -0.540. The van der Waals surface area contributed by atoms with E-state index in [0.29, 0.717) is 13.0 Å². The van der Waals surface area contributed by atoms with E-state index in [1.54, 1.807) is 4.90 Å². The van der Waals surface area contributed by atoms with Crippen LogP contribution in [0.3, 0.4) is 0 Å². The van der Waals surface area contributed by atoms with Gasteiger partial charge >= 0.3 is 0 Å². The average molecular weight is 395 g/mol. The molecule has 2 aromatic rings. The van der Waals surface area contributed by atoms with E-state index >= 15 is 0 Å². The second-order valence-electron chi connectivity index (χ2n) is 8.11. The van der Waals surface area contributed by atoms with Crippen LogP contribution in [0.5, 0.6) is 0 Å². The summed E-state index contributed by atoms with van der Waals surface area (Å²) in [6.45, 7) is 12.3. The van der Waals surface area contributed by atoms with Crippen molar-refractivity contribution in [2.45, 2.75) is 73.0 Å². The minimum Gasteiger partial charge on any atom is -0.352 e. The number of hydrogen-bond donors (Lipinski definition) is 1. The van der Waals surface area contributed by atoms with E-state index in [9.17, 15) is 9.59 Å². The molecule has 2 amide bonds. The number of carbonyl (C=O) groups is 2. The molecule has 2 unspecified atom stereocenters. The maximum atomic E-state index is 13.3. The van der Waals surface area contributed by atoms with Gasteiger partial charge in [-0.1, -0.05) is 60.5 Å². The van der Waals surface area contributed by atoms with Gasteiger partial charge in [0.2, 0.25) is 11.8 Å². The Morgan fingerprint density at radius 2 is 1.69 bits per heavy atom. The highest BCUT2D eigenvalue weighted by molar-refractivity contribution is 5.88. The van der Waals surface area contributed by atoms with Gasteiger partial charge in [-0.05, 0) is 57.7 Å². The fourth-order valence-corrected chi connectivity index (χ4v) is 3.31. The fraction of sp³-hybridized carbons (Fsp3) is 0.440. The molecule has 0 aliphatic carbocycles. The molecule has 0 fully saturated rings. The van der Waals surface area contributed by atoms with Crippen LogP contribution in [0.15, 0.2) is 42.5 Å². The molecule has 29 heavy (non-hydrogen) atoms. The predicted molar refractivity (Wildman–Crippen MR) is 119 cm³/mol. The average Bonchev–Trinajstić information content (AvgIpc) is 2.68. The van der Waals surface area contributed by atoms with E-state index in [1.807, 2.05) is 65.8 Å². The van der Waals surface area contributed by atoms with E-state index in [2.05, 4.69) is 23.5 Å². The molecule has 4 heteroatoms. The Morgan fingerprint density at radius 1 is 1.00 bits per heavy atom. The zero-order chi connectivity index (χ0) is 21.6. The second-order valence-corrected chi connectivity index (χ2v) is 8.11. The zero-order valence-electron chi connectivity index (χ0n) is 18.6. The maximum absolute atomic E-state index is 13.3. The summed E-state index contributed by atoms with van der Waals surface area (Å²) in [4.78, 5) is 27.8. The van der Waals surface area contributed by atoms with Crippen molar-refractivity contribution in [3.8, 4) is 0 Å². The van der Waals surface area contributed by atoms with Crippen molar-refractivity contribution in [2.75, 3.05) is 0 Å². The number of rotatable bonds is 8. The van der Waals surface area contributed by atoms with Crippen LogP contribution in [0.1, 0.15) is 55.0 Å². The lowest BCUT2D eigenvalue weighted by atomic mass is 10.0. The fourth-order valence-electron chi connectivity index (χ4n) is 3.31. The Hall–Kier alpha value is -2.62. The van der Waals surface area contributed by atoms with E-state index < -0.39 is 6.04 Å². The van der Waals surface area contributed by atoms with Gasteiger partial charge in [-0.25, -0.2) is 0 Å². The molecule has 0 heterocycles. The number of hydrogen-bond acceptors (Lipinski definition) is 2. The quantitative estimate of drug-likeness (QED) is 0.717. The molecular formula is C25H34N2O2. The van der Waals surface area contributed by atoms with Gasteiger partial charge in [-0.2, -0.15) is 0 Å². The first-order valence-electron chi connectivity index (χ1n) is 10.4. The van der Waals surface area contributed by atoms with Gasteiger partial charge in [0, 0.05) is 12.6 Å². The van der Waals surface area contributed by atoms with Crippen LogP contribution >= 0.6 is 0 Å². The zero-order valence-corrected chi connectivity index (χ0v) is 18.6. The van der Waals surface area contributed by atoms with E-state index in [1.165, 1.54) is 0 Å². The molecule has 4 nitrogen and oxygen atoms in total. The summed E-state index contributed by atoms with van der Waals surface area (Å²) in [5, 5.41) is 3.01. The lowest BCUT2D eigenvalue weighted by molar-refractivity contribution is -0.140. The molecule has 0 radical (unpaired) electrons. The highest BCUT2D eigenvalue weighted by Gasteiger charge is 2.27. The third-order valence-electron chi connectivity index (χ3n) is 5.45. The summed E-state index contributed by atoms with van der Waals surface area (Å²) < 4.78 is 0. The summed E-state index contributed by atoms with van der Waals surface area (Å²) in [5.74, 6) is -0.145. The molecule has 0 saturated heterocycles. The molecule has 0 aromatic heterocycles. The summed E-state index contributed by atoms with van der Waals surface area (Å²) in [6, 6.07) is 13.8. The molecule has 0 aliphatic rings. The van der Waals surface area contributed by atoms with Gasteiger partial charge in [0.05, 0.1) is 6.42 Å². The van der Waals surface area contributed by atoms with Crippen LogP contribution in [0, 0.1) is 20.8 Å². The third kappa shape index (κ3) is 6.45. The van der Waals surface area contributed by atoms with Crippen LogP contribution in [0.4, 0.5) is 0 Å². The molecule has 2 aromatic carbocycles. The van der Waals surface area contributed by atoms with Crippen molar-refractivity contribution in [2.24, 2.45) is 0 Å². The lowest BCUT2D eigenvalue weighted by Crippen LogP contribution is -2.50. The smallest absolute Gasteiger partial charge is 0.242 e. The van der Waals surface area contributed by atoms with Crippen molar-refractivity contribution in [3.63, 3.8) is 0 Å². The van der Waals surface area contributed by atoms with Crippen molar-refractivity contribution >= 4 is 11.8 Å². The minimum absolute atomic E-state index is 0.0352. The van der Waals surface area contributed by atoms with Gasteiger partial charge < -0.3 is 10.2 Å². The summed E-state index contributed by atoms with van der Waals surface area (Å²) in [6.07, 6.45) is 1.15. The summed E-state index contributed by atoms with van der Waals surface area (Å²) >= 11 is 0. The molecule has 0 aliphatic heterocycles. The molecule has 0 bridgehead atoms. The maximum Gasteiger partial charge on any atom is 0.242 e. The van der Waals surface area contributed by atoms with Crippen molar-refractivity contribution in [1.82, 2.24) is 10.2 Å². The van der Waals surface area contributed by atoms with Gasteiger partial charge in [0.25, 0.3) is 0 Å². The normalized spacial score (nSPS) is 12.9. The molecule has 156 valence electrons. The van der Waals surface area contributed by atoms with Crippen LogP contribution < -0.4 is 5.32 Å². The second kappa shape index (κ2) is 10.2. The summed E-state index contributed by atoms with van der Waals surface area (Å²) in [5.41, 5.74) is 5.41. The predicted octanol–water partition coefficient (Wildman–Crippen LogP) is 4.49. The van der Waals surface area contributed by atoms with Gasteiger partial charge in [-0.15, -0.1) is 0 Å². The Labute approximate surface area is 175 Å². The molecule has 2 atom stereocenters. The third-order valence-corrected chi connectivity index (χ3v) is 5.45. The van der Waals surface area contributed by atoms with E-state index in [-0.39, 0.29) is 17.9 Å². The number of amides is 2. The van der Waals surface area contributed by atoms with Crippen molar-refractivity contribution in [1.29, 1.82) is 0 Å². The number of nitrogens with zero attached hydrogens (tertiary/aromatic N) is 1. The van der Waals surface area contributed by atoms with E-state index in [0.717, 1.165) is 34.2 Å². The first-order valence-corrected chi connectivity index (χ1v) is 10.4. The Balaban J connectivity index is 2.28. The van der Waals surface area contributed by atoms with E-state index in [4.69, 9.17) is 0 Å². The monoisotopic (exact) mass is 394 g/mol. The highest BCUT2D eigenvalue weighted by atomic mass is 16.2. The number of aryl methyl sites for hydroxylation is 3. The Kier molecular flexibility index (Phi) is 8.00. The van der Waals surface area contributed by atoms with Crippen LogP contribution in [-0.4, -0.2) is 28.8 Å². The van der Waals surface area contributed by atoms with Gasteiger partial charge in [0.15, 0.2) is 0 Å². The molecule has 0 saturated carbocycles. The SMILES string of the molecule is CCC(C)NC(=O)C(C)N(Cc1cccc(C)c1)C(=O)Cc1cc(C)ccc1C. The van der Waals surface area contributed by atoms with Gasteiger partial charge in [-0.3, -0.25) is 9.59 Å². The largest absolute Gasteiger partial charge is 0.352 e.